The maximum Gasteiger partial charge on any atom is 0.358 e. The van der Waals surface area contributed by atoms with Crippen LogP contribution in [0.25, 0.3) is 0 Å². The van der Waals surface area contributed by atoms with E-state index < -0.39 is 27.2 Å². The predicted molar refractivity (Wildman–Crippen MR) is 59.2 cm³/mol. The van der Waals surface area contributed by atoms with Crippen molar-refractivity contribution in [3.05, 3.63) is 35.4 Å². The van der Waals surface area contributed by atoms with Gasteiger partial charge in [0.2, 0.25) is 0 Å². The lowest BCUT2D eigenvalue weighted by atomic mass is 10.2. The highest BCUT2D eigenvalue weighted by molar-refractivity contribution is 7.52. The molecule has 1 atom stereocenters. The van der Waals surface area contributed by atoms with Crippen molar-refractivity contribution in [3.63, 3.8) is 0 Å². The van der Waals surface area contributed by atoms with Gasteiger partial charge in [0, 0.05) is 0 Å². The summed E-state index contributed by atoms with van der Waals surface area (Å²) in [5.74, 6) is -1.92. The second-order valence-electron chi connectivity index (χ2n) is 3.53. The Bertz CT molecular complexity index is 471. The van der Waals surface area contributed by atoms with E-state index in [4.69, 9.17) is 19.6 Å². The first-order valence-electron chi connectivity index (χ1n) is 4.46. The Morgan fingerprint density at radius 3 is 1.82 bits per heavy atom. The lowest BCUT2D eigenvalue weighted by Crippen LogP contribution is -1.98. The molecule has 96 valence electrons. The number of aliphatic hydroxyl groups is 1. The van der Waals surface area contributed by atoms with Crippen LogP contribution in [0, 0.1) is 0 Å². The van der Waals surface area contributed by atoms with Gasteiger partial charge in [-0.25, -0.2) is 0 Å². The monoisotopic (exact) mass is 282 g/mol. The molecule has 0 aliphatic rings. The molecule has 1 rings (SSSR count). The van der Waals surface area contributed by atoms with Gasteiger partial charge in [0.1, 0.15) is 0 Å². The summed E-state index contributed by atoms with van der Waals surface area (Å²) in [6.07, 6.45) is -0.459. The van der Waals surface area contributed by atoms with Gasteiger partial charge >= 0.3 is 15.2 Å². The zero-order valence-electron chi connectivity index (χ0n) is 8.54. The van der Waals surface area contributed by atoms with Crippen molar-refractivity contribution in [2.45, 2.75) is 12.0 Å². The molecule has 0 amide bonds. The molecule has 0 bridgehead atoms. The Morgan fingerprint density at radius 2 is 1.47 bits per heavy atom. The molecular weight excluding hydrogens is 270 g/mol. The number of rotatable bonds is 4. The first-order chi connectivity index (χ1) is 7.59. The smallest absolute Gasteiger partial charge is 0.358 e. The fraction of sp³-hybridized carbons (Fsp3) is 0.250. The molecule has 7 nitrogen and oxygen atoms in total. The highest BCUT2D eigenvalue weighted by Gasteiger charge is 2.27. The molecule has 0 saturated heterocycles. The van der Waals surface area contributed by atoms with Gasteiger partial charge in [-0.2, -0.15) is 0 Å². The molecule has 9 heteroatoms. The molecule has 1 aromatic carbocycles. The van der Waals surface area contributed by atoms with Crippen molar-refractivity contribution in [2.24, 2.45) is 0 Å². The summed E-state index contributed by atoms with van der Waals surface area (Å²) in [4.78, 5) is 34.9. The highest BCUT2D eigenvalue weighted by Crippen LogP contribution is 2.49. The van der Waals surface area contributed by atoms with Crippen molar-refractivity contribution in [1.29, 1.82) is 0 Å². The quantitative estimate of drug-likeness (QED) is 0.508. The molecule has 0 heterocycles. The molecule has 0 aliphatic heterocycles. The van der Waals surface area contributed by atoms with E-state index in [2.05, 4.69) is 0 Å². The average Bonchev–Trinajstić information content (AvgIpc) is 2.14. The molecule has 0 aliphatic carbocycles. The van der Waals surface area contributed by atoms with Crippen LogP contribution in [0.3, 0.4) is 0 Å². The van der Waals surface area contributed by atoms with Crippen LogP contribution in [-0.2, 0) is 15.3 Å². The van der Waals surface area contributed by atoms with E-state index in [0.717, 1.165) is 0 Å². The number of benzene rings is 1. The first kappa shape index (κ1) is 14.5. The van der Waals surface area contributed by atoms with Crippen molar-refractivity contribution in [2.75, 3.05) is 0 Å². The van der Waals surface area contributed by atoms with Crippen LogP contribution >= 0.6 is 15.2 Å². The second-order valence-corrected chi connectivity index (χ2v) is 6.84. The summed E-state index contributed by atoms with van der Waals surface area (Å²) in [6.45, 7) is 0. The van der Waals surface area contributed by atoms with E-state index in [-0.39, 0.29) is 5.56 Å². The lowest BCUT2D eigenvalue weighted by Gasteiger charge is -2.13. The maximum atomic E-state index is 10.8. The average molecular weight is 282 g/mol. The van der Waals surface area contributed by atoms with Crippen molar-refractivity contribution in [3.8, 4) is 0 Å². The van der Waals surface area contributed by atoms with Gasteiger partial charge in [0.05, 0.1) is 6.16 Å². The minimum Gasteiger partial charge on any atom is -0.376 e. The molecular formula is C8H12O7P2. The van der Waals surface area contributed by atoms with Crippen molar-refractivity contribution in [1.82, 2.24) is 0 Å². The van der Waals surface area contributed by atoms with Gasteiger partial charge in [0.25, 0.3) is 0 Å². The Balaban J connectivity index is 2.89. The molecule has 1 aromatic rings. The molecule has 1 unspecified atom stereocenters. The van der Waals surface area contributed by atoms with Crippen LogP contribution in [0.2, 0.25) is 0 Å². The van der Waals surface area contributed by atoms with Gasteiger partial charge in [-0.15, -0.1) is 0 Å². The summed E-state index contributed by atoms with van der Waals surface area (Å²) in [6, 6.07) is 5.03. The second kappa shape index (κ2) is 5.00. The fourth-order valence-corrected chi connectivity index (χ4v) is 2.47. The van der Waals surface area contributed by atoms with Gasteiger partial charge < -0.3 is 24.7 Å². The normalized spacial score (nSPS) is 14.6. The van der Waals surface area contributed by atoms with E-state index >= 15 is 0 Å². The topological polar surface area (TPSA) is 135 Å². The van der Waals surface area contributed by atoms with Gasteiger partial charge in [-0.1, -0.05) is 24.3 Å². The lowest BCUT2D eigenvalue weighted by molar-refractivity contribution is 0.205. The van der Waals surface area contributed by atoms with E-state index in [9.17, 15) is 14.2 Å². The first-order valence-corrected chi connectivity index (χ1v) is 7.94. The van der Waals surface area contributed by atoms with Crippen LogP contribution in [-0.4, -0.2) is 24.7 Å². The van der Waals surface area contributed by atoms with Crippen LogP contribution in [0.4, 0.5) is 0 Å². The number of aliphatic hydroxyl groups excluding tert-OH is 1. The SMILES string of the molecule is O=P(O)(O)Cc1ccc(C(O)P(=O)(O)O)cc1. The van der Waals surface area contributed by atoms with Crippen LogP contribution in [0.5, 0.6) is 0 Å². The van der Waals surface area contributed by atoms with Crippen LogP contribution in [0.15, 0.2) is 24.3 Å². The third-order valence-electron chi connectivity index (χ3n) is 1.99. The van der Waals surface area contributed by atoms with Crippen LogP contribution < -0.4 is 0 Å². The number of hydrogen-bond donors (Lipinski definition) is 5. The van der Waals surface area contributed by atoms with Crippen LogP contribution in [0.1, 0.15) is 17.0 Å². The molecule has 0 saturated carbocycles. The zero-order chi connectivity index (χ0) is 13.3. The van der Waals surface area contributed by atoms with E-state index in [1.165, 1.54) is 24.3 Å². The Hall–Kier alpha value is -0.520. The summed E-state index contributed by atoms with van der Waals surface area (Å²) in [5, 5.41) is 9.26. The molecule has 0 radical (unpaired) electrons. The van der Waals surface area contributed by atoms with Gasteiger partial charge in [0.15, 0.2) is 5.85 Å². The molecule has 5 N–H and O–H groups in total. The minimum atomic E-state index is -4.63. The largest absolute Gasteiger partial charge is 0.376 e. The summed E-state index contributed by atoms with van der Waals surface area (Å²) in [5.41, 5.74) is 0.313. The highest BCUT2D eigenvalue weighted by atomic mass is 31.2. The van der Waals surface area contributed by atoms with E-state index in [1.54, 1.807) is 0 Å². The third kappa shape index (κ3) is 4.69. The standard InChI is InChI=1S/C8H12O7P2/c9-8(17(13,14)15)7-3-1-6(2-4-7)5-16(10,11)12/h1-4,8-9H,5H2,(H2,10,11,12)(H2,13,14,15). The Morgan fingerprint density at radius 1 is 1.00 bits per heavy atom. The summed E-state index contributed by atoms with van der Waals surface area (Å²) < 4.78 is 21.5. The Labute approximate surface area is 97.1 Å². The Kier molecular flexibility index (Phi) is 4.28. The fourth-order valence-electron chi connectivity index (χ4n) is 1.23. The molecule has 0 aromatic heterocycles. The van der Waals surface area contributed by atoms with E-state index in [1.807, 2.05) is 0 Å². The van der Waals surface area contributed by atoms with E-state index in [0.29, 0.717) is 5.56 Å². The molecule has 17 heavy (non-hydrogen) atoms. The molecule has 0 spiro atoms. The van der Waals surface area contributed by atoms with Crippen molar-refractivity contribution < 1.29 is 33.8 Å². The van der Waals surface area contributed by atoms with Gasteiger partial charge in [-0.05, 0) is 11.1 Å². The summed E-state index contributed by atoms with van der Waals surface area (Å²) in [7, 11) is -8.81. The van der Waals surface area contributed by atoms with Gasteiger partial charge in [-0.3, -0.25) is 9.13 Å². The number of hydrogen-bond acceptors (Lipinski definition) is 3. The van der Waals surface area contributed by atoms with Crippen molar-refractivity contribution >= 4 is 15.2 Å². The molecule has 0 fully saturated rings. The minimum absolute atomic E-state index is 0.00667. The summed E-state index contributed by atoms with van der Waals surface area (Å²) >= 11 is 0. The zero-order valence-corrected chi connectivity index (χ0v) is 10.3. The maximum absolute atomic E-state index is 10.8. The predicted octanol–water partition coefficient (Wildman–Crippen LogP) is 0.533. The third-order valence-corrected chi connectivity index (χ3v) is 3.70.